The lowest BCUT2D eigenvalue weighted by molar-refractivity contribution is -0.155. The Morgan fingerprint density at radius 1 is 1.31 bits per heavy atom. The molecule has 4 aliphatic carbocycles. The average molecular weight is 352 g/mol. The molecule has 4 aliphatic rings. The molecule has 138 valence electrons. The standard InChI is InChI=1S/C23H28O3/c1-4-11-23-13-9-17(25)14-16(23)5-6-18-19-7-8-21(26-15(2)24)22(19,3)12-10-20(18)23/h1,5-6,14,18-21H,7-13H2,2-3H3/t18-,19-,20-,21-,22-,23-/m0/s1. The number of ketones is 1. The van der Waals surface area contributed by atoms with Gasteiger partial charge in [0.2, 0.25) is 0 Å². The molecule has 0 heterocycles. The molecule has 0 N–H and O–H groups in total. The minimum Gasteiger partial charge on any atom is -0.462 e. The Hall–Kier alpha value is -1.82. The molecule has 2 fully saturated rings. The smallest absolute Gasteiger partial charge is 0.302 e. The minimum absolute atomic E-state index is 0.0350. The number of hydrogen-bond donors (Lipinski definition) is 0. The normalized spacial score (nSPS) is 43.6. The lowest BCUT2D eigenvalue weighted by atomic mass is 9.48. The molecule has 0 amide bonds. The summed E-state index contributed by atoms with van der Waals surface area (Å²) in [7, 11) is 0. The van der Waals surface area contributed by atoms with E-state index in [0.29, 0.717) is 30.6 Å². The summed E-state index contributed by atoms with van der Waals surface area (Å²) in [5.74, 6) is 4.47. The van der Waals surface area contributed by atoms with Crippen molar-refractivity contribution in [2.24, 2.45) is 28.6 Å². The third kappa shape index (κ3) is 2.42. The Kier molecular flexibility index (Phi) is 4.14. The van der Waals surface area contributed by atoms with Gasteiger partial charge in [0, 0.05) is 30.6 Å². The summed E-state index contributed by atoms with van der Waals surface area (Å²) in [4.78, 5) is 23.5. The largest absolute Gasteiger partial charge is 0.462 e. The van der Waals surface area contributed by atoms with Crippen molar-refractivity contribution >= 4 is 11.8 Å². The first-order valence-corrected chi connectivity index (χ1v) is 9.94. The molecular formula is C23H28O3. The third-order valence-electron chi connectivity index (χ3n) is 7.89. The van der Waals surface area contributed by atoms with Gasteiger partial charge in [-0.05, 0) is 61.5 Å². The lowest BCUT2D eigenvalue weighted by Crippen LogP contribution is -2.51. The molecule has 0 bridgehead atoms. The molecule has 2 saturated carbocycles. The molecule has 4 rings (SSSR count). The van der Waals surface area contributed by atoms with Gasteiger partial charge in [0.05, 0.1) is 0 Å². The highest BCUT2D eigenvalue weighted by Gasteiger charge is 2.59. The zero-order valence-corrected chi connectivity index (χ0v) is 15.8. The molecule has 0 unspecified atom stereocenters. The van der Waals surface area contributed by atoms with Crippen LogP contribution in [0.2, 0.25) is 0 Å². The fraction of sp³-hybridized carbons (Fsp3) is 0.652. The monoisotopic (exact) mass is 352 g/mol. The highest BCUT2D eigenvalue weighted by atomic mass is 16.5. The third-order valence-corrected chi connectivity index (χ3v) is 7.89. The summed E-state index contributed by atoms with van der Waals surface area (Å²) < 4.78 is 5.71. The van der Waals surface area contributed by atoms with Crippen molar-refractivity contribution in [2.45, 2.75) is 64.9 Å². The van der Waals surface area contributed by atoms with E-state index in [-0.39, 0.29) is 28.7 Å². The summed E-state index contributed by atoms with van der Waals surface area (Å²) in [5.41, 5.74) is 1.18. The Morgan fingerprint density at radius 2 is 2.12 bits per heavy atom. The molecule has 0 aromatic rings. The van der Waals surface area contributed by atoms with Crippen molar-refractivity contribution < 1.29 is 14.3 Å². The maximum atomic E-state index is 12.0. The zero-order chi connectivity index (χ0) is 18.5. The second kappa shape index (κ2) is 6.12. The molecule has 3 nitrogen and oxygen atoms in total. The van der Waals surface area contributed by atoms with Crippen LogP contribution in [0, 0.1) is 40.9 Å². The van der Waals surface area contributed by atoms with Gasteiger partial charge in [-0.25, -0.2) is 0 Å². The maximum absolute atomic E-state index is 12.0. The zero-order valence-electron chi connectivity index (χ0n) is 15.8. The first-order valence-electron chi connectivity index (χ1n) is 9.94. The van der Waals surface area contributed by atoms with Gasteiger partial charge >= 0.3 is 5.97 Å². The van der Waals surface area contributed by atoms with Gasteiger partial charge in [0.15, 0.2) is 5.78 Å². The molecule has 0 radical (unpaired) electrons. The Labute approximate surface area is 156 Å². The van der Waals surface area contributed by atoms with Crippen molar-refractivity contribution in [3.05, 3.63) is 23.8 Å². The number of carbonyl (C=O) groups excluding carboxylic acids is 2. The number of carbonyl (C=O) groups is 2. The number of allylic oxidation sites excluding steroid dienone is 4. The van der Waals surface area contributed by atoms with Gasteiger partial charge in [-0.1, -0.05) is 19.1 Å². The predicted molar refractivity (Wildman–Crippen MR) is 99.9 cm³/mol. The molecule has 0 saturated heterocycles. The van der Waals surface area contributed by atoms with Gasteiger partial charge in [-0.15, -0.1) is 12.3 Å². The minimum atomic E-state index is -0.169. The van der Waals surface area contributed by atoms with Crippen LogP contribution in [0.3, 0.4) is 0 Å². The van der Waals surface area contributed by atoms with Gasteiger partial charge in [0.1, 0.15) is 6.10 Å². The molecular weight excluding hydrogens is 324 g/mol. The van der Waals surface area contributed by atoms with E-state index in [1.54, 1.807) is 0 Å². The van der Waals surface area contributed by atoms with E-state index < -0.39 is 0 Å². The topological polar surface area (TPSA) is 43.4 Å². The highest BCUT2D eigenvalue weighted by Crippen LogP contribution is 2.64. The fourth-order valence-corrected chi connectivity index (χ4v) is 6.67. The first kappa shape index (κ1) is 17.6. The number of esters is 1. The van der Waals surface area contributed by atoms with Crippen LogP contribution in [-0.4, -0.2) is 17.9 Å². The maximum Gasteiger partial charge on any atom is 0.302 e. The summed E-state index contributed by atoms with van der Waals surface area (Å²) in [5, 5.41) is 0. The van der Waals surface area contributed by atoms with E-state index in [1.165, 1.54) is 6.92 Å². The van der Waals surface area contributed by atoms with Crippen LogP contribution in [0.4, 0.5) is 0 Å². The van der Waals surface area contributed by atoms with Gasteiger partial charge in [0.25, 0.3) is 0 Å². The Balaban J connectivity index is 1.71. The number of rotatable bonds is 2. The van der Waals surface area contributed by atoms with Crippen molar-refractivity contribution in [1.29, 1.82) is 0 Å². The van der Waals surface area contributed by atoms with Gasteiger partial charge < -0.3 is 4.74 Å². The molecule has 6 atom stereocenters. The van der Waals surface area contributed by atoms with Crippen LogP contribution in [0.25, 0.3) is 0 Å². The quantitative estimate of drug-likeness (QED) is 0.552. The highest BCUT2D eigenvalue weighted by molar-refractivity contribution is 5.92. The van der Waals surface area contributed by atoms with Crippen LogP contribution >= 0.6 is 0 Å². The SMILES string of the molecule is C#CC[C@]12CCC(=O)C=C1C=C[C@@H]1[C@@H]2CC[C@]2(C)[C@@H](OC(C)=O)CC[C@@H]12. The van der Waals surface area contributed by atoms with E-state index in [2.05, 4.69) is 25.0 Å². The van der Waals surface area contributed by atoms with Crippen molar-refractivity contribution in [3.8, 4) is 12.3 Å². The number of hydrogen-bond acceptors (Lipinski definition) is 3. The van der Waals surface area contributed by atoms with Gasteiger partial charge in [-0.3, -0.25) is 9.59 Å². The first-order chi connectivity index (χ1) is 12.4. The molecule has 0 aliphatic heterocycles. The fourth-order valence-electron chi connectivity index (χ4n) is 6.67. The number of ether oxygens (including phenoxy) is 1. The number of fused-ring (bicyclic) bond motifs is 5. The molecule has 0 spiro atoms. The van der Waals surface area contributed by atoms with Crippen molar-refractivity contribution in [1.82, 2.24) is 0 Å². The second-order valence-electron chi connectivity index (χ2n) is 8.97. The Bertz CT molecular complexity index is 739. The lowest BCUT2D eigenvalue weighted by Gasteiger charge is -2.56. The van der Waals surface area contributed by atoms with Crippen molar-refractivity contribution in [3.63, 3.8) is 0 Å². The van der Waals surface area contributed by atoms with E-state index >= 15 is 0 Å². The van der Waals surface area contributed by atoms with E-state index in [0.717, 1.165) is 37.7 Å². The average Bonchev–Trinajstić information content (AvgIpc) is 2.91. The Morgan fingerprint density at radius 3 is 2.85 bits per heavy atom. The number of terminal acetylenes is 1. The summed E-state index contributed by atoms with van der Waals surface area (Å²) >= 11 is 0. The van der Waals surface area contributed by atoms with Gasteiger partial charge in [-0.2, -0.15) is 0 Å². The van der Waals surface area contributed by atoms with Crippen LogP contribution in [0.5, 0.6) is 0 Å². The van der Waals surface area contributed by atoms with E-state index in [9.17, 15) is 9.59 Å². The van der Waals surface area contributed by atoms with E-state index in [4.69, 9.17) is 11.2 Å². The molecule has 0 aromatic carbocycles. The second-order valence-corrected chi connectivity index (χ2v) is 8.97. The molecule has 26 heavy (non-hydrogen) atoms. The van der Waals surface area contributed by atoms with E-state index in [1.807, 2.05) is 6.08 Å². The molecule has 0 aromatic heterocycles. The van der Waals surface area contributed by atoms with Crippen LogP contribution in [0.1, 0.15) is 58.8 Å². The summed E-state index contributed by atoms with van der Waals surface area (Å²) in [6.07, 6.45) is 18.6. The predicted octanol–water partition coefficient (Wildman–Crippen LogP) is 4.23. The molecule has 3 heteroatoms. The van der Waals surface area contributed by atoms with Crippen LogP contribution < -0.4 is 0 Å². The van der Waals surface area contributed by atoms with Crippen LogP contribution in [-0.2, 0) is 14.3 Å². The van der Waals surface area contributed by atoms with Crippen molar-refractivity contribution in [2.75, 3.05) is 0 Å². The summed E-state index contributed by atoms with van der Waals surface area (Å²) in [6, 6.07) is 0. The van der Waals surface area contributed by atoms with Crippen LogP contribution in [0.15, 0.2) is 23.8 Å². The summed E-state index contributed by atoms with van der Waals surface area (Å²) in [6.45, 7) is 3.83.